The van der Waals surface area contributed by atoms with E-state index < -0.39 is 9.84 Å². The van der Waals surface area contributed by atoms with E-state index in [1.165, 1.54) is 0 Å². The van der Waals surface area contributed by atoms with Gasteiger partial charge in [0.15, 0.2) is 9.84 Å². The van der Waals surface area contributed by atoms with Crippen molar-refractivity contribution in [2.75, 3.05) is 32.1 Å². The Morgan fingerprint density at radius 3 is 2.47 bits per heavy atom. The number of hydrogen-bond acceptors (Lipinski definition) is 4. The van der Waals surface area contributed by atoms with Crippen LogP contribution in [0.25, 0.3) is 0 Å². The van der Waals surface area contributed by atoms with Gasteiger partial charge in [-0.2, -0.15) is 0 Å². The highest BCUT2D eigenvalue weighted by Gasteiger charge is 2.14. The molecule has 0 atom stereocenters. The molecule has 0 radical (unpaired) electrons. The molecule has 5 heteroatoms. The minimum absolute atomic E-state index is 0.175. The van der Waals surface area contributed by atoms with E-state index in [1.54, 1.807) is 18.2 Å². The number of nitrogens with two attached hydrogens (primary N) is 1. The van der Waals surface area contributed by atoms with E-state index in [1.807, 2.05) is 25.9 Å². The second kappa shape index (κ2) is 5.51. The van der Waals surface area contributed by atoms with Gasteiger partial charge in [0.25, 0.3) is 0 Å². The van der Waals surface area contributed by atoms with Gasteiger partial charge in [0.05, 0.1) is 10.6 Å². The van der Waals surface area contributed by atoms with Crippen molar-refractivity contribution in [1.29, 1.82) is 0 Å². The molecule has 0 aliphatic heterocycles. The molecule has 0 saturated carbocycles. The Labute approximate surface area is 103 Å². The molecular weight excluding hydrogens is 236 g/mol. The van der Waals surface area contributed by atoms with Crippen LogP contribution >= 0.6 is 0 Å². The lowest BCUT2D eigenvalue weighted by molar-refractivity contribution is 0.408. The van der Waals surface area contributed by atoms with Crippen LogP contribution in [-0.4, -0.2) is 39.7 Å². The summed E-state index contributed by atoms with van der Waals surface area (Å²) in [6.07, 6.45) is 0.638. The Balaban J connectivity index is 2.79. The maximum atomic E-state index is 12.0. The number of benzene rings is 1. The van der Waals surface area contributed by atoms with Crippen LogP contribution in [0.2, 0.25) is 0 Å². The SMILES string of the molecule is Cc1cc(S(=O)(=O)CCCN(C)C)ccc1N. The highest BCUT2D eigenvalue weighted by Crippen LogP contribution is 2.18. The monoisotopic (exact) mass is 256 g/mol. The maximum Gasteiger partial charge on any atom is 0.178 e. The summed E-state index contributed by atoms with van der Waals surface area (Å²) in [5, 5.41) is 0. The van der Waals surface area contributed by atoms with Gasteiger partial charge in [-0.05, 0) is 57.7 Å². The summed E-state index contributed by atoms with van der Waals surface area (Å²) in [6, 6.07) is 4.86. The van der Waals surface area contributed by atoms with Crippen LogP contribution < -0.4 is 5.73 Å². The smallest absolute Gasteiger partial charge is 0.178 e. The van der Waals surface area contributed by atoms with E-state index in [0.717, 1.165) is 12.1 Å². The summed E-state index contributed by atoms with van der Waals surface area (Å²) in [5.74, 6) is 0.175. The molecule has 1 aromatic carbocycles. The normalized spacial score (nSPS) is 12.0. The minimum atomic E-state index is -3.18. The molecule has 1 rings (SSSR count). The number of aryl methyl sites for hydroxylation is 1. The van der Waals surface area contributed by atoms with E-state index in [4.69, 9.17) is 5.73 Å². The summed E-state index contributed by atoms with van der Waals surface area (Å²) in [6.45, 7) is 2.58. The predicted octanol–water partition coefficient (Wildman–Crippen LogP) is 1.30. The zero-order valence-electron chi connectivity index (χ0n) is 10.6. The van der Waals surface area contributed by atoms with Gasteiger partial charge in [0, 0.05) is 5.69 Å². The van der Waals surface area contributed by atoms with Gasteiger partial charge >= 0.3 is 0 Å². The van der Waals surface area contributed by atoms with Crippen molar-refractivity contribution in [3.05, 3.63) is 23.8 Å². The lowest BCUT2D eigenvalue weighted by Gasteiger charge is -2.10. The molecule has 0 aromatic heterocycles. The van der Waals surface area contributed by atoms with Crippen LogP contribution in [0.15, 0.2) is 23.1 Å². The molecular formula is C12H20N2O2S. The van der Waals surface area contributed by atoms with E-state index >= 15 is 0 Å². The van der Waals surface area contributed by atoms with Crippen molar-refractivity contribution in [2.45, 2.75) is 18.2 Å². The van der Waals surface area contributed by atoms with Crippen molar-refractivity contribution in [2.24, 2.45) is 0 Å². The van der Waals surface area contributed by atoms with Crippen LogP contribution in [0.5, 0.6) is 0 Å². The fraction of sp³-hybridized carbons (Fsp3) is 0.500. The molecule has 96 valence electrons. The molecule has 0 aliphatic carbocycles. The Bertz CT molecular complexity index is 481. The van der Waals surface area contributed by atoms with Crippen LogP contribution in [0, 0.1) is 6.92 Å². The van der Waals surface area contributed by atoms with E-state index in [2.05, 4.69) is 0 Å². The summed E-state index contributed by atoms with van der Waals surface area (Å²) in [5.41, 5.74) is 7.10. The molecule has 0 spiro atoms. The van der Waals surface area contributed by atoms with Crippen LogP contribution in [0.4, 0.5) is 5.69 Å². The van der Waals surface area contributed by atoms with Gasteiger partial charge in [0.2, 0.25) is 0 Å². The Hall–Kier alpha value is -1.07. The standard InChI is InChI=1S/C12H20N2O2S/c1-10-9-11(5-6-12(10)13)17(15,16)8-4-7-14(2)3/h5-6,9H,4,7-8,13H2,1-3H3. The largest absolute Gasteiger partial charge is 0.399 e. The molecule has 0 unspecified atom stereocenters. The van der Waals surface area contributed by atoms with Gasteiger partial charge in [-0.25, -0.2) is 8.42 Å². The molecule has 17 heavy (non-hydrogen) atoms. The van der Waals surface area contributed by atoms with E-state index in [9.17, 15) is 8.42 Å². The first kappa shape index (κ1) is 14.0. The number of anilines is 1. The highest BCUT2D eigenvalue weighted by molar-refractivity contribution is 7.91. The van der Waals surface area contributed by atoms with Crippen molar-refractivity contribution in [3.63, 3.8) is 0 Å². The van der Waals surface area contributed by atoms with Gasteiger partial charge in [-0.3, -0.25) is 0 Å². The van der Waals surface area contributed by atoms with Crippen molar-refractivity contribution in [3.8, 4) is 0 Å². The zero-order valence-corrected chi connectivity index (χ0v) is 11.4. The molecule has 0 heterocycles. The predicted molar refractivity (Wildman–Crippen MR) is 70.8 cm³/mol. The first-order valence-corrected chi connectivity index (χ1v) is 7.22. The zero-order chi connectivity index (χ0) is 13.1. The van der Waals surface area contributed by atoms with E-state index in [-0.39, 0.29) is 5.75 Å². The minimum Gasteiger partial charge on any atom is -0.399 e. The Morgan fingerprint density at radius 1 is 1.29 bits per heavy atom. The quantitative estimate of drug-likeness (QED) is 0.807. The van der Waals surface area contributed by atoms with Crippen molar-refractivity contribution in [1.82, 2.24) is 4.90 Å². The third-order valence-corrected chi connectivity index (χ3v) is 4.42. The average molecular weight is 256 g/mol. The number of sulfone groups is 1. The summed E-state index contributed by atoms with van der Waals surface area (Å²) < 4.78 is 24.0. The molecule has 0 fully saturated rings. The summed E-state index contributed by atoms with van der Waals surface area (Å²) in [4.78, 5) is 2.34. The van der Waals surface area contributed by atoms with Gasteiger partial charge in [-0.1, -0.05) is 0 Å². The third kappa shape index (κ3) is 4.02. The number of hydrogen-bond donors (Lipinski definition) is 1. The highest BCUT2D eigenvalue weighted by atomic mass is 32.2. The molecule has 0 amide bonds. The van der Waals surface area contributed by atoms with Gasteiger partial charge in [-0.15, -0.1) is 0 Å². The first-order chi connectivity index (χ1) is 7.83. The number of nitrogens with zero attached hydrogens (tertiary/aromatic N) is 1. The van der Waals surface area contributed by atoms with Gasteiger partial charge in [0.1, 0.15) is 0 Å². The van der Waals surface area contributed by atoms with E-state index in [0.29, 0.717) is 17.0 Å². The second-order valence-electron chi connectivity index (χ2n) is 4.49. The molecule has 2 N–H and O–H groups in total. The fourth-order valence-electron chi connectivity index (χ4n) is 1.53. The first-order valence-electron chi connectivity index (χ1n) is 5.56. The third-order valence-electron chi connectivity index (χ3n) is 2.62. The lowest BCUT2D eigenvalue weighted by atomic mass is 10.2. The molecule has 4 nitrogen and oxygen atoms in total. The number of rotatable bonds is 5. The molecule has 0 saturated heterocycles. The van der Waals surface area contributed by atoms with Crippen molar-refractivity contribution >= 4 is 15.5 Å². The molecule has 0 aliphatic rings. The summed E-state index contributed by atoms with van der Waals surface area (Å²) >= 11 is 0. The Kier molecular flexibility index (Phi) is 4.54. The lowest BCUT2D eigenvalue weighted by Crippen LogP contribution is -2.17. The fourth-order valence-corrected chi connectivity index (χ4v) is 2.91. The van der Waals surface area contributed by atoms with Crippen LogP contribution in [0.3, 0.4) is 0 Å². The number of nitrogen functional groups attached to an aromatic ring is 1. The summed E-state index contributed by atoms with van der Waals surface area (Å²) in [7, 11) is 0.684. The van der Waals surface area contributed by atoms with Crippen LogP contribution in [0.1, 0.15) is 12.0 Å². The Morgan fingerprint density at radius 2 is 1.94 bits per heavy atom. The maximum absolute atomic E-state index is 12.0. The molecule has 0 bridgehead atoms. The van der Waals surface area contributed by atoms with Gasteiger partial charge < -0.3 is 10.6 Å². The second-order valence-corrected chi connectivity index (χ2v) is 6.60. The molecule has 1 aromatic rings. The van der Waals surface area contributed by atoms with Crippen molar-refractivity contribution < 1.29 is 8.42 Å². The average Bonchev–Trinajstić information content (AvgIpc) is 2.21. The van der Waals surface area contributed by atoms with Crippen LogP contribution in [-0.2, 0) is 9.84 Å². The topological polar surface area (TPSA) is 63.4 Å².